The Labute approximate surface area is 65.6 Å². The number of likely N-dealkylation sites (tertiary alicyclic amines) is 1. The molecule has 1 fully saturated rings. The van der Waals surface area contributed by atoms with Gasteiger partial charge >= 0.3 is 0 Å². The summed E-state index contributed by atoms with van der Waals surface area (Å²) in [5.74, 6) is 0. The van der Waals surface area contributed by atoms with E-state index in [1.54, 1.807) is 6.92 Å². The summed E-state index contributed by atoms with van der Waals surface area (Å²) in [6, 6.07) is 0. The smallest absolute Gasteiger partial charge is 0.253 e. The second-order valence-electron chi connectivity index (χ2n) is 2.75. The monoisotopic (exact) mass is 156 g/mol. The number of rotatable bonds is 2. The average Bonchev–Trinajstić information content (AvgIpc) is 2.35. The molecular formula is C7H12N2O2. The largest absolute Gasteiger partial charge is 0.370 e. The Bertz CT molecular complexity index is 183. The molecule has 0 unspecified atom stereocenters. The van der Waals surface area contributed by atoms with Crippen molar-refractivity contribution in [1.29, 1.82) is 0 Å². The molecule has 0 bridgehead atoms. The maximum Gasteiger partial charge on any atom is 0.253 e. The topological polar surface area (TPSA) is 46.4 Å². The van der Waals surface area contributed by atoms with Gasteiger partial charge in [0.2, 0.25) is 0 Å². The molecule has 0 aliphatic carbocycles. The van der Waals surface area contributed by atoms with Crippen LogP contribution in [0.5, 0.6) is 0 Å². The van der Waals surface area contributed by atoms with Crippen LogP contribution in [0.1, 0.15) is 19.8 Å². The van der Waals surface area contributed by atoms with Gasteiger partial charge in [-0.3, -0.25) is 10.1 Å². The molecule has 4 nitrogen and oxygen atoms in total. The summed E-state index contributed by atoms with van der Waals surface area (Å²) in [7, 11) is 0. The third kappa shape index (κ3) is 2.22. The van der Waals surface area contributed by atoms with Crippen LogP contribution in [0.2, 0.25) is 0 Å². The Hall–Kier alpha value is -1.06. The molecular weight excluding hydrogens is 144 g/mol. The van der Waals surface area contributed by atoms with Crippen LogP contribution >= 0.6 is 0 Å². The lowest BCUT2D eigenvalue weighted by Gasteiger charge is -2.14. The van der Waals surface area contributed by atoms with Gasteiger partial charge in [-0.15, -0.1) is 0 Å². The minimum absolute atomic E-state index is 0.395. The number of nitro groups is 1. The maximum atomic E-state index is 10.1. The summed E-state index contributed by atoms with van der Waals surface area (Å²) in [6.07, 6.45) is 3.39. The van der Waals surface area contributed by atoms with Crippen LogP contribution < -0.4 is 0 Å². The van der Waals surface area contributed by atoms with Gasteiger partial charge in [0, 0.05) is 13.1 Å². The third-order valence-electron chi connectivity index (χ3n) is 1.90. The van der Waals surface area contributed by atoms with Gasteiger partial charge in [0.05, 0.1) is 10.6 Å². The first kappa shape index (κ1) is 8.04. The van der Waals surface area contributed by atoms with E-state index >= 15 is 0 Å². The van der Waals surface area contributed by atoms with Crippen molar-refractivity contribution >= 4 is 0 Å². The third-order valence-corrected chi connectivity index (χ3v) is 1.90. The quantitative estimate of drug-likeness (QED) is 0.446. The first-order chi connectivity index (χ1) is 5.20. The molecule has 0 aromatic carbocycles. The molecule has 1 aliphatic rings. The first-order valence-corrected chi connectivity index (χ1v) is 3.77. The van der Waals surface area contributed by atoms with Crippen molar-refractivity contribution in [2.45, 2.75) is 19.8 Å². The van der Waals surface area contributed by atoms with Crippen molar-refractivity contribution in [1.82, 2.24) is 4.90 Å². The van der Waals surface area contributed by atoms with Gasteiger partial charge < -0.3 is 4.90 Å². The van der Waals surface area contributed by atoms with E-state index in [1.165, 1.54) is 0 Å². The van der Waals surface area contributed by atoms with E-state index in [0.29, 0.717) is 0 Å². The van der Waals surface area contributed by atoms with Crippen molar-refractivity contribution in [2.75, 3.05) is 13.1 Å². The molecule has 0 aromatic rings. The zero-order valence-corrected chi connectivity index (χ0v) is 6.62. The number of hydrogen-bond acceptors (Lipinski definition) is 3. The molecule has 4 heteroatoms. The fourth-order valence-corrected chi connectivity index (χ4v) is 1.30. The maximum absolute atomic E-state index is 10.1. The van der Waals surface area contributed by atoms with E-state index in [4.69, 9.17) is 0 Å². The van der Waals surface area contributed by atoms with Crippen molar-refractivity contribution < 1.29 is 4.92 Å². The molecule has 0 saturated carbocycles. The average molecular weight is 156 g/mol. The fourth-order valence-electron chi connectivity index (χ4n) is 1.30. The van der Waals surface area contributed by atoms with Crippen LogP contribution in [0.25, 0.3) is 0 Å². The second-order valence-corrected chi connectivity index (χ2v) is 2.75. The van der Waals surface area contributed by atoms with Gasteiger partial charge in [0.25, 0.3) is 6.20 Å². The Morgan fingerprint density at radius 3 is 2.55 bits per heavy atom. The van der Waals surface area contributed by atoms with Crippen molar-refractivity contribution in [3.05, 3.63) is 22.0 Å². The highest BCUT2D eigenvalue weighted by atomic mass is 16.6. The molecule has 62 valence electrons. The van der Waals surface area contributed by atoms with E-state index < -0.39 is 4.92 Å². The molecule has 0 N–H and O–H groups in total. The minimum Gasteiger partial charge on any atom is -0.370 e. The van der Waals surface area contributed by atoms with Crippen LogP contribution in [0, 0.1) is 10.1 Å². The Balaban J connectivity index is 2.51. The molecule has 0 spiro atoms. The molecule has 1 aliphatic heterocycles. The molecule has 0 radical (unpaired) electrons. The normalized spacial score (nSPS) is 19.0. The predicted octanol–water partition coefficient (Wildman–Crippen LogP) is 1.22. The lowest BCUT2D eigenvalue weighted by molar-refractivity contribution is -0.404. The first-order valence-electron chi connectivity index (χ1n) is 3.77. The number of nitrogens with zero attached hydrogens (tertiary/aromatic N) is 2. The predicted molar refractivity (Wildman–Crippen MR) is 41.6 cm³/mol. The van der Waals surface area contributed by atoms with E-state index in [2.05, 4.69) is 0 Å². The lowest BCUT2D eigenvalue weighted by Crippen LogP contribution is -2.17. The van der Waals surface area contributed by atoms with E-state index in [-0.39, 0.29) is 0 Å². The van der Waals surface area contributed by atoms with Crippen molar-refractivity contribution in [3.63, 3.8) is 0 Å². The summed E-state index contributed by atoms with van der Waals surface area (Å²) in [5.41, 5.74) is 0.771. The molecule has 1 rings (SSSR count). The van der Waals surface area contributed by atoms with Gasteiger partial charge in [-0.2, -0.15) is 0 Å². The second kappa shape index (κ2) is 3.37. The zero-order valence-electron chi connectivity index (χ0n) is 6.62. The van der Waals surface area contributed by atoms with Crippen LogP contribution in [0.3, 0.4) is 0 Å². The highest BCUT2D eigenvalue weighted by Crippen LogP contribution is 2.13. The highest BCUT2D eigenvalue weighted by Gasteiger charge is 2.13. The van der Waals surface area contributed by atoms with Crippen LogP contribution in [-0.4, -0.2) is 22.9 Å². The van der Waals surface area contributed by atoms with E-state index in [0.717, 1.165) is 37.8 Å². The number of hydrogen-bond donors (Lipinski definition) is 0. The molecule has 11 heavy (non-hydrogen) atoms. The highest BCUT2D eigenvalue weighted by molar-refractivity contribution is 4.94. The molecule has 0 atom stereocenters. The Morgan fingerprint density at radius 2 is 2.09 bits per heavy atom. The standard InChI is InChI=1S/C7H12N2O2/c1-7(6-9(10)11)8-4-2-3-5-8/h6H,2-5H2,1H3/b7-6-. The zero-order chi connectivity index (χ0) is 8.27. The summed E-state index contributed by atoms with van der Waals surface area (Å²) in [5, 5.41) is 10.1. The Morgan fingerprint density at radius 1 is 1.55 bits per heavy atom. The summed E-state index contributed by atoms with van der Waals surface area (Å²) < 4.78 is 0. The van der Waals surface area contributed by atoms with E-state index in [1.807, 2.05) is 4.90 Å². The Kier molecular flexibility index (Phi) is 2.46. The van der Waals surface area contributed by atoms with Gasteiger partial charge in [0.15, 0.2) is 0 Å². The van der Waals surface area contributed by atoms with Gasteiger partial charge in [-0.25, -0.2) is 0 Å². The number of allylic oxidation sites excluding steroid dienone is 1. The van der Waals surface area contributed by atoms with Crippen molar-refractivity contribution in [3.8, 4) is 0 Å². The lowest BCUT2D eigenvalue weighted by atomic mass is 10.4. The van der Waals surface area contributed by atoms with E-state index in [9.17, 15) is 10.1 Å². The summed E-state index contributed by atoms with van der Waals surface area (Å²) >= 11 is 0. The van der Waals surface area contributed by atoms with Gasteiger partial charge in [-0.1, -0.05) is 0 Å². The fraction of sp³-hybridized carbons (Fsp3) is 0.714. The summed E-state index contributed by atoms with van der Waals surface area (Å²) in [6.45, 7) is 3.72. The van der Waals surface area contributed by atoms with Gasteiger partial charge in [0.1, 0.15) is 0 Å². The van der Waals surface area contributed by atoms with Crippen LogP contribution in [0.15, 0.2) is 11.9 Å². The van der Waals surface area contributed by atoms with Crippen LogP contribution in [-0.2, 0) is 0 Å². The molecule has 1 saturated heterocycles. The van der Waals surface area contributed by atoms with Crippen LogP contribution in [0.4, 0.5) is 0 Å². The molecule has 0 aromatic heterocycles. The molecule has 0 amide bonds. The minimum atomic E-state index is -0.395. The summed E-state index contributed by atoms with van der Waals surface area (Å²) in [4.78, 5) is 11.7. The van der Waals surface area contributed by atoms with Gasteiger partial charge in [-0.05, 0) is 19.8 Å². The SMILES string of the molecule is C/C(=C/[N+](=O)[O-])N1CCCC1. The molecule has 1 heterocycles. The van der Waals surface area contributed by atoms with Crippen molar-refractivity contribution in [2.24, 2.45) is 0 Å².